The van der Waals surface area contributed by atoms with Gasteiger partial charge in [0.15, 0.2) is 0 Å². The molecule has 0 radical (unpaired) electrons. The Hall–Kier alpha value is -1.80. The van der Waals surface area contributed by atoms with Crippen molar-refractivity contribution in [2.45, 2.75) is 4.90 Å². The fourth-order valence-corrected chi connectivity index (χ4v) is 3.98. The van der Waals surface area contributed by atoms with Crippen LogP contribution in [0.1, 0.15) is 0 Å². The van der Waals surface area contributed by atoms with E-state index < -0.39 is 22.5 Å². The SMILES string of the molecule is CON(C)C(=O)CN(c1cc(Cl)cc(Cl)c1)S(=O)(=O)c1ccccc1. The summed E-state index contributed by atoms with van der Waals surface area (Å²) in [6, 6.07) is 12.1. The summed E-state index contributed by atoms with van der Waals surface area (Å²) in [5, 5.41) is 1.45. The molecule has 0 N–H and O–H groups in total. The van der Waals surface area contributed by atoms with Gasteiger partial charge in [0.05, 0.1) is 17.7 Å². The molecular weight excluding hydrogens is 387 g/mol. The topological polar surface area (TPSA) is 66.9 Å². The van der Waals surface area contributed by atoms with Crippen LogP contribution in [0.15, 0.2) is 53.4 Å². The summed E-state index contributed by atoms with van der Waals surface area (Å²) in [6.45, 7) is -0.474. The van der Waals surface area contributed by atoms with E-state index in [2.05, 4.69) is 0 Å². The summed E-state index contributed by atoms with van der Waals surface area (Å²) in [4.78, 5) is 17.1. The van der Waals surface area contributed by atoms with Gasteiger partial charge in [-0.2, -0.15) is 0 Å². The number of sulfonamides is 1. The van der Waals surface area contributed by atoms with Crippen molar-refractivity contribution in [3.8, 4) is 0 Å². The lowest BCUT2D eigenvalue weighted by molar-refractivity contribution is -0.166. The number of halogens is 2. The second kappa shape index (κ2) is 8.05. The highest BCUT2D eigenvalue weighted by molar-refractivity contribution is 7.92. The summed E-state index contributed by atoms with van der Waals surface area (Å²) in [5.74, 6) is -0.557. The molecule has 2 aromatic rings. The Kier molecular flexibility index (Phi) is 6.29. The zero-order valence-corrected chi connectivity index (χ0v) is 15.8. The normalized spacial score (nSPS) is 11.2. The quantitative estimate of drug-likeness (QED) is 0.695. The highest BCUT2D eigenvalue weighted by atomic mass is 35.5. The average molecular weight is 403 g/mol. The Morgan fingerprint density at radius 3 is 2.16 bits per heavy atom. The molecule has 2 rings (SSSR count). The van der Waals surface area contributed by atoms with Gasteiger partial charge in [-0.25, -0.2) is 13.5 Å². The monoisotopic (exact) mass is 402 g/mol. The largest absolute Gasteiger partial charge is 0.275 e. The van der Waals surface area contributed by atoms with Gasteiger partial charge in [0.2, 0.25) is 0 Å². The maximum Gasteiger partial charge on any atom is 0.266 e. The third-order valence-electron chi connectivity index (χ3n) is 3.37. The van der Waals surface area contributed by atoms with Crippen molar-refractivity contribution in [2.24, 2.45) is 0 Å². The minimum absolute atomic E-state index is 0.0407. The summed E-state index contributed by atoms with van der Waals surface area (Å²) in [5.41, 5.74) is 0.180. The number of amides is 1. The molecule has 2 aromatic carbocycles. The molecule has 6 nitrogen and oxygen atoms in total. The molecular formula is C16H16Cl2N2O4S. The van der Waals surface area contributed by atoms with E-state index in [9.17, 15) is 13.2 Å². The number of carbonyl (C=O) groups excluding carboxylic acids is 1. The van der Waals surface area contributed by atoms with Gasteiger partial charge in [-0.3, -0.25) is 13.9 Å². The molecule has 0 fully saturated rings. The fourth-order valence-electron chi connectivity index (χ4n) is 2.04. The summed E-state index contributed by atoms with van der Waals surface area (Å²) in [7, 11) is -1.31. The van der Waals surface area contributed by atoms with Crippen LogP contribution in [0.5, 0.6) is 0 Å². The van der Waals surface area contributed by atoms with E-state index in [4.69, 9.17) is 28.0 Å². The van der Waals surface area contributed by atoms with Gasteiger partial charge in [0.25, 0.3) is 15.9 Å². The van der Waals surface area contributed by atoms with E-state index in [1.807, 2.05) is 0 Å². The predicted octanol–water partition coefficient (Wildman–Crippen LogP) is 3.21. The van der Waals surface area contributed by atoms with Crippen LogP contribution in [0.2, 0.25) is 10.0 Å². The van der Waals surface area contributed by atoms with E-state index >= 15 is 0 Å². The maximum atomic E-state index is 13.0. The number of anilines is 1. The highest BCUT2D eigenvalue weighted by Crippen LogP contribution is 2.29. The first kappa shape index (κ1) is 19.5. The zero-order chi connectivity index (χ0) is 18.6. The number of carbonyl (C=O) groups is 1. The van der Waals surface area contributed by atoms with Crippen LogP contribution in [-0.2, 0) is 19.7 Å². The molecule has 0 aliphatic heterocycles. The molecule has 25 heavy (non-hydrogen) atoms. The molecule has 134 valence electrons. The van der Waals surface area contributed by atoms with Crippen molar-refractivity contribution in [3.63, 3.8) is 0 Å². The van der Waals surface area contributed by atoms with Crippen molar-refractivity contribution in [3.05, 3.63) is 58.6 Å². The number of likely N-dealkylation sites (N-methyl/N-ethyl adjacent to an activating group) is 1. The Morgan fingerprint density at radius 2 is 1.64 bits per heavy atom. The smallest absolute Gasteiger partial charge is 0.266 e. The second-order valence-electron chi connectivity index (χ2n) is 5.03. The zero-order valence-electron chi connectivity index (χ0n) is 13.5. The lowest BCUT2D eigenvalue weighted by atomic mass is 10.3. The fraction of sp³-hybridized carbons (Fsp3) is 0.188. The van der Waals surface area contributed by atoms with Crippen molar-refractivity contribution < 1.29 is 18.0 Å². The Labute approximate surface area is 156 Å². The van der Waals surface area contributed by atoms with Crippen LogP contribution >= 0.6 is 23.2 Å². The van der Waals surface area contributed by atoms with Gasteiger partial charge in [-0.15, -0.1) is 0 Å². The van der Waals surface area contributed by atoms with Gasteiger partial charge < -0.3 is 0 Å². The number of benzene rings is 2. The van der Waals surface area contributed by atoms with Crippen LogP contribution < -0.4 is 4.31 Å². The number of rotatable bonds is 6. The molecule has 0 saturated carbocycles. The first-order chi connectivity index (χ1) is 11.8. The second-order valence-corrected chi connectivity index (χ2v) is 7.76. The van der Waals surface area contributed by atoms with Gasteiger partial charge in [0.1, 0.15) is 6.54 Å². The number of hydroxylamine groups is 2. The molecule has 0 aromatic heterocycles. The Balaban J connectivity index is 2.54. The minimum atomic E-state index is -4.01. The third-order valence-corrected chi connectivity index (χ3v) is 5.59. The molecule has 9 heteroatoms. The van der Waals surface area contributed by atoms with Gasteiger partial charge in [0, 0.05) is 17.1 Å². The van der Waals surface area contributed by atoms with Crippen LogP contribution in [-0.4, -0.2) is 40.1 Å². The van der Waals surface area contributed by atoms with Crippen molar-refractivity contribution in [1.82, 2.24) is 5.06 Å². The van der Waals surface area contributed by atoms with Crippen LogP contribution in [0.25, 0.3) is 0 Å². The van der Waals surface area contributed by atoms with Crippen molar-refractivity contribution in [1.29, 1.82) is 0 Å². The highest BCUT2D eigenvalue weighted by Gasteiger charge is 2.28. The van der Waals surface area contributed by atoms with Crippen LogP contribution in [0, 0.1) is 0 Å². The van der Waals surface area contributed by atoms with Crippen molar-refractivity contribution in [2.75, 3.05) is 25.0 Å². The first-order valence-electron chi connectivity index (χ1n) is 7.10. The van der Waals surface area contributed by atoms with Crippen LogP contribution in [0.3, 0.4) is 0 Å². The van der Waals surface area contributed by atoms with Crippen LogP contribution in [0.4, 0.5) is 5.69 Å². The van der Waals surface area contributed by atoms with Gasteiger partial charge >= 0.3 is 0 Å². The standard InChI is InChI=1S/C16H16Cl2N2O4S/c1-19(24-2)16(21)11-20(14-9-12(17)8-13(18)10-14)25(22,23)15-6-4-3-5-7-15/h3-10H,11H2,1-2H3. The number of hydrogen-bond donors (Lipinski definition) is 0. The third kappa shape index (κ3) is 4.64. The average Bonchev–Trinajstić information content (AvgIpc) is 2.58. The molecule has 0 aliphatic rings. The van der Waals surface area contributed by atoms with Gasteiger partial charge in [-0.1, -0.05) is 41.4 Å². The van der Waals surface area contributed by atoms with Crippen molar-refractivity contribution >= 4 is 44.8 Å². The molecule has 1 amide bonds. The van der Waals surface area contributed by atoms with E-state index in [1.165, 1.54) is 44.5 Å². The Bertz CT molecular complexity index is 839. The number of hydrogen-bond acceptors (Lipinski definition) is 4. The molecule has 0 atom stereocenters. The lowest BCUT2D eigenvalue weighted by Crippen LogP contribution is -2.41. The molecule has 0 heterocycles. The molecule has 0 unspecified atom stereocenters. The molecule has 0 spiro atoms. The summed E-state index contributed by atoms with van der Waals surface area (Å²) >= 11 is 12.0. The van der Waals surface area contributed by atoms with E-state index in [-0.39, 0.29) is 20.6 Å². The van der Waals surface area contributed by atoms with E-state index in [0.717, 1.165) is 9.37 Å². The predicted molar refractivity (Wildman–Crippen MR) is 97.2 cm³/mol. The first-order valence-corrected chi connectivity index (χ1v) is 9.30. The van der Waals surface area contributed by atoms with Gasteiger partial charge in [-0.05, 0) is 30.3 Å². The van der Waals surface area contributed by atoms with E-state index in [1.54, 1.807) is 18.2 Å². The summed E-state index contributed by atoms with van der Waals surface area (Å²) in [6.07, 6.45) is 0. The molecule has 0 bridgehead atoms. The lowest BCUT2D eigenvalue weighted by Gasteiger charge is -2.26. The maximum absolute atomic E-state index is 13.0. The molecule has 0 aliphatic carbocycles. The summed E-state index contributed by atoms with van der Waals surface area (Å²) < 4.78 is 27.0. The van der Waals surface area contributed by atoms with E-state index in [0.29, 0.717) is 0 Å². The number of nitrogens with zero attached hydrogens (tertiary/aromatic N) is 2. The Morgan fingerprint density at radius 1 is 1.08 bits per heavy atom. The minimum Gasteiger partial charge on any atom is -0.275 e. The molecule has 0 saturated heterocycles.